The van der Waals surface area contributed by atoms with E-state index in [9.17, 15) is 4.39 Å². The Morgan fingerprint density at radius 3 is 3.08 bits per heavy atom. The van der Waals surface area contributed by atoms with Crippen LogP contribution in [0.3, 0.4) is 0 Å². The van der Waals surface area contributed by atoms with Crippen molar-refractivity contribution in [2.75, 3.05) is 0 Å². The van der Waals surface area contributed by atoms with Crippen molar-refractivity contribution in [1.82, 2.24) is 29.9 Å². The third-order valence-electron chi connectivity index (χ3n) is 4.46. The van der Waals surface area contributed by atoms with E-state index in [1.165, 1.54) is 6.07 Å². The van der Waals surface area contributed by atoms with Gasteiger partial charge in [0.05, 0.1) is 11.7 Å². The van der Waals surface area contributed by atoms with E-state index in [-0.39, 0.29) is 11.9 Å². The number of halogens is 1. The Morgan fingerprint density at radius 2 is 2.21 bits per heavy atom. The third-order valence-corrected chi connectivity index (χ3v) is 4.46. The molecule has 0 saturated heterocycles. The number of para-hydroxylation sites is 1. The molecule has 1 aromatic carbocycles. The van der Waals surface area contributed by atoms with Gasteiger partial charge in [0.2, 0.25) is 0 Å². The Balaban J connectivity index is 1.52. The minimum atomic E-state index is -0.278. The summed E-state index contributed by atoms with van der Waals surface area (Å²) in [4.78, 5) is 4.36. The second kappa shape index (κ2) is 6.16. The van der Waals surface area contributed by atoms with Gasteiger partial charge in [-0.2, -0.15) is 10.2 Å². The normalized spacial score (nSPS) is 17.0. The van der Waals surface area contributed by atoms with Gasteiger partial charge in [-0.25, -0.2) is 18.7 Å². The highest BCUT2D eigenvalue weighted by molar-refractivity contribution is 5.34. The molecule has 2 aromatic heterocycles. The van der Waals surface area contributed by atoms with Gasteiger partial charge in [-0.15, -0.1) is 0 Å². The van der Waals surface area contributed by atoms with E-state index in [0.29, 0.717) is 12.2 Å². The van der Waals surface area contributed by atoms with E-state index >= 15 is 0 Å². The maximum Gasteiger partial charge on any atom is 0.148 e. The Kier molecular flexibility index (Phi) is 3.86. The topological polar surface area (TPSA) is 60.6 Å². The van der Waals surface area contributed by atoms with Gasteiger partial charge < -0.3 is 5.32 Å². The summed E-state index contributed by atoms with van der Waals surface area (Å²) in [7, 11) is 0. The first-order valence-corrected chi connectivity index (χ1v) is 8.13. The van der Waals surface area contributed by atoms with Gasteiger partial charge in [0.1, 0.15) is 23.7 Å². The molecular weight excluding hydrogens is 307 g/mol. The van der Waals surface area contributed by atoms with Crippen LogP contribution in [0.4, 0.5) is 4.39 Å². The van der Waals surface area contributed by atoms with Crippen molar-refractivity contribution in [1.29, 1.82) is 0 Å². The molecule has 24 heavy (non-hydrogen) atoms. The molecule has 6 nitrogen and oxygen atoms in total. The predicted molar refractivity (Wildman–Crippen MR) is 87.1 cm³/mol. The Bertz CT molecular complexity index is 852. The first kappa shape index (κ1) is 15.0. The van der Waals surface area contributed by atoms with Crippen molar-refractivity contribution in [3.63, 3.8) is 0 Å². The smallest absolute Gasteiger partial charge is 0.148 e. The summed E-state index contributed by atoms with van der Waals surface area (Å²) >= 11 is 0. The zero-order valence-corrected chi connectivity index (χ0v) is 13.5. The first-order chi connectivity index (χ1) is 11.7. The molecule has 1 unspecified atom stereocenters. The molecule has 0 aliphatic carbocycles. The second-order valence-corrected chi connectivity index (χ2v) is 6.05. The second-order valence-electron chi connectivity index (χ2n) is 6.05. The van der Waals surface area contributed by atoms with Crippen LogP contribution in [-0.2, 0) is 13.1 Å². The summed E-state index contributed by atoms with van der Waals surface area (Å²) in [6.07, 6.45) is 5.62. The number of aryl methyl sites for hydroxylation is 2. The molecule has 0 spiro atoms. The summed E-state index contributed by atoms with van der Waals surface area (Å²) in [6, 6.07) is 6.85. The number of hydrogen-bond donors (Lipinski definition) is 1. The molecule has 124 valence electrons. The van der Waals surface area contributed by atoms with Crippen LogP contribution < -0.4 is 5.32 Å². The van der Waals surface area contributed by atoms with Gasteiger partial charge in [-0.1, -0.05) is 12.1 Å². The fourth-order valence-corrected chi connectivity index (χ4v) is 3.15. The summed E-state index contributed by atoms with van der Waals surface area (Å²) in [5.41, 5.74) is 2.40. The van der Waals surface area contributed by atoms with E-state index in [2.05, 4.69) is 20.5 Å². The van der Waals surface area contributed by atoms with Gasteiger partial charge in [0, 0.05) is 24.8 Å². The summed E-state index contributed by atoms with van der Waals surface area (Å²) < 4.78 is 17.5. The van der Waals surface area contributed by atoms with Gasteiger partial charge >= 0.3 is 0 Å². The summed E-state index contributed by atoms with van der Waals surface area (Å²) in [5, 5.41) is 12.2. The number of rotatable bonds is 4. The fraction of sp³-hybridized carbons (Fsp3) is 0.353. The number of nitrogens with zero attached hydrogens (tertiary/aromatic N) is 5. The minimum absolute atomic E-state index is 0.192. The molecule has 3 heterocycles. The highest BCUT2D eigenvalue weighted by Crippen LogP contribution is 2.23. The summed E-state index contributed by atoms with van der Waals surface area (Å²) in [6.45, 7) is 3.54. The van der Waals surface area contributed by atoms with Crippen LogP contribution in [0.15, 0.2) is 36.8 Å². The largest absolute Gasteiger partial charge is 0.303 e. The SMILES string of the molecule is Cc1nn(-c2ccccc2F)cc1CNC1CCCn2ncnc21. The van der Waals surface area contributed by atoms with Crippen LogP contribution >= 0.6 is 0 Å². The Morgan fingerprint density at radius 1 is 1.33 bits per heavy atom. The Labute approximate surface area is 139 Å². The number of hydrogen-bond acceptors (Lipinski definition) is 4. The number of aromatic nitrogens is 5. The minimum Gasteiger partial charge on any atom is -0.303 e. The van der Waals surface area contributed by atoms with Crippen LogP contribution in [-0.4, -0.2) is 24.5 Å². The van der Waals surface area contributed by atoms with Crippen LogP contribution in [0.5, 0.6) is 0 Å². The lowest BCUT2D eigenvalue weighted by Gasteiger charge is -2.23. The highest BCUT2D eigenvalue weighted by atomic mass is 19.1. The third kappa shape index (κ3) is 2.71. The molecule has 1 aliphatic rings. The molecule has 4 rings (SSSR count). The maximum absolute atomic E-state index is 13.9. The molecule has 0 bridgehead atoms. The zero-order chi connectivity index (χ0) is 16.5. The van der Waals surface area contributed by atoms with E-state index in [1.807, 2.05) is 23.9 Å². The van der Waals surface area contributed by atoms with Crippen molar-refractivity contribution < 1.29 is 4.39 Å². The molecule has 3 aromatic rings. The van der Waals surface area contributed by atoms with Crippen molar-refractivity contribution in [3.05, 3.63) is 59.7 Å². The lowest BCUT2D eigenvalue weighted by atomic mass is 10.1. The van der Waals surface area contributed by atoms with E-state index < -0.39 is 0 Å². The molecule has 0 fully saturated rings. The fourth-order valence-electron chi connectivity index (χ4n) is 3.15. The van der Waals surface area contributed by atoms with Crippen LogP contribution in [0, 0.1) is 12.7 Å². The van der Waals surface area contributed by atoms with Gasteiger partial charge in [0.15, 0.2) is 0 Å². The molecular formula is C17H19FN6. The zero-order valence-electron chi connectivity index (χ0n) is 13.5. The quantitative estimate of drug-likeness (QED) is 0.800. The average molecular weight is 326 g/mol. The monoisotopic (exact) mass is 326 g/mol. The lowest BCUT2D eigenvalue weighted by Crippen LogP contribution is -2.28. The average Bonchev–Trinajstić information content (AvgIpc) is 3.20. The lowest BCUT2D eigenvalue weighted by molar-refractivity contribution is 0.366. The van der Waals surface area contributed by atoms with Crippen LogP contribution in [0.25, 0.3) is 5.69 Å². The number of fused-ring (bicyclic) bond motifs is 1. The highest BCUT2D eigenvalue weighted by Gasteiger charge is 2.22. The van der Waals surface area contributed by atoms with Gasteiger partial charge in [0.25, 0.3) is 0 Å². The maximum atomic E-state index is 13.9. The molecule has 1 atom stereocenters. The standard InChI is InChI=1S/C17H19FN6/c1-12-13(10-24(22-12)16-7-3-2-5-14(16)18)9-19-15-6-4-8-23-17(15)20-11-21-23/h2-3,5,7,10-11,15,19H,4,6,8-9H2,1H3. The van der Waals surface area contributed by atoms with E-state index in [0.717, 1.165) is 36.5 Å². The molecule has 7 heteroatoms. The van der Waals surface area contributed by atoms with Crippen molar-refractivity contribution in [2.24, 2.45) is 0 Å². The van der Waals surface area contributed by atoms with Crippen molar-refractivity contribution >= 4 is 0 Å². The molecule has 0 saturated carbocycles. The van der Waals surface area contributed by atoms with Crippen LogP contribution in [0.2, 0.25) is 0 Å². The molecule has 1 N–H and O–H groups in total. The molecule has 0 radical (unpaired) electrons. The van der Waals surface area contributed by atoms with Gasteiger partial charge in [-0.05, 0) is 31.9 Å². The molecule has 0 amide bonds. The van der Waals surface area contributed by atoms with Gasteiger partial charge in [-0.3, -0.25) is 0 Å². The number of nitrogens with one attached hydrogen (secondary N) is 1. The number of benzene rings is 1. The summed E-state index contributed by atoms with van der Waals surface area (Å²) in [5.74, 6) is 0.709. The van der Waals surface area contributed by atoms with Crippen molar-refractivity contribution in [3.8, 4) is 5.69 Å². The van der Waals surface area contributed by atoms with E-state index in [1.54, 1.807) is 23.1 Å². The molecule has 1 aliphatic heterocycles. The van der Waals surface area contributed by atoms with E-state index in [4.69, 9.17) is 0 Å². The predicted octanol–water partition coefficient (Wildman–Crippen LogP) is 2.54. The van der Waals surface area contributed by atoms with Crippen LogP contribution in [0.1, 0.15) is 36.0 Å². The first-order valence-electron chi connectivity index (χ1n) is 8.13. The Hall–Kier alpha value is -2.54. The van der Waals surface area contributed by atoms with Crippen molar-refractivity contribution in [2.45, 2.75) is 38.9 Å².